The van der Waals surface area contributed by atoms with Crippen LogP contribution in [0, 0.1) is 0 Å². The smallest absolute Gasteiger partial charge is 0.0946 e. The first-order chi connectivity index (χ1) is 6.70. The first-order valence-corrected chi connectivity index (χ1v) is 4.26. The van der Waals surface area contributed by atoms with Crippen molar-refractivity contribution >= 4 is 0 Å². The molecule has 74 valence electrons. The molecule has 6 nitrogen and oxygen atoms in total. The quantitative estimate of drug-likeness (QED) is 0.702. The molecule has 2 rings (SSSR count). The maximum Gasteiger partial charge on any atom is 0.0946 e. The largest absolute Gasteiger partial charge is 0.336 e. The third-order valence-corrected chi connectivity index (χ3v) is 2.24. The fraction of sp³-hybridized carbons (Fsp3) is 0.375. The number of hydrogen-bond donors (Lipinski definition) is 1. The van der Waals surface area contributed by atoms with Crippen LogP contribution in [0.15, 0.2) is 18.7 Å². The molecule has 0 amide bonds. The lowest BCUT2D eigenvalue weighted by molar-refractivity contribution is 0.631. The highest BCUT2D eigenvalue weighted by Crippen LogP contribution is 2.16. The minimum atomic E-state index is -0.234. The zero-order valence-corrected chi connectivity index (χ0v) is 8.12. The van der Waals surface area contributed by atoms with Gasteiger partial charge in [0.25, 0.3) is 0 Å². The lowest BCUT2D eigenvalue weighted by Gasteiger charge is -2.11. The minimum absolute atomic E-state index is 0.234. The van der Waals surface area contributed by atoms with E-state index < -0.39 is 0 Å². The lowest BCUT2D eigenvalue weighted by Crippen LogP contribution is -2.18. The highest BCUT2D eigenvalue weighted by molar-refractivity contribution is 5.17. The average molecular weight is 192 g/mol. The first-order valence-electron chi connectivity index (χ1n) is 4.26. The van der Waals surface area contributed by atoms with Crippen LogP contribution in [0.3, 0.4) is 0 Å². The van der Waals surface area contributed by atoms with Gasteiger partial charge in [0.2, 0.25) is 0 Å². The molecule has 1 unspecified atom stereocenters. The molecule has 0 aliphatic carbocycles. The zero-order valence-electron chi connectivity index (χ0n) is 8.12. The van der Waals surface area contributed by atoms with Crippen LogP contribution in [0.1, 0.15) is 17.4 Å². The van der Waals surface area contributed by atoms with Crippen molar-refractivity contribution in [2.45, 2.75) is 6.04 Å². The Labute approximate surface area is 81.4 Å². The molecule has 0 aliphatic heterocycles. The Balaban J connectivity index is 2.38. The van der Waals surface area contributed by atoms with Gasteiger partial charge in [-0.05, 0) is 0 Å². The van der Waals surface area contributed by atoms with Crippen LogP contribution in [0.2, 0.25) is 0 Å². The summed E-state index contributed by atoms with van der Waals surface area (Å²) in [5.41, 5.74) is 7.85. The van der Waals surface area contributed by atoms with Gasteiger partial charge in [-0.1, -0.05) is 5.21 Å². The van der Waals surface area contributed by atoms with Crippen molar-refractivity contribution in [1.82, 2.24) is 24.5 Å². The van der Waals surface area contributed by atoms with Crippen molar-refractivity contribution in [3.05, 3.63) is 30.1 Å². The van der Waals surface area contributed by atoms with E-state index in [1.165, 1.54) is 0 Å². The van der Waals surface area contributed by atoms with Crippen molar-refractivity contribution in [1.29, 1.82) is 0 Å². The van der Waals surface area contributed by atoms with Gasteiger partial charge in [-0.25, -0.2) is 4.98 Å². The fourth-order valence-electron chi connectivity index (χ4n) is 1.40. The number of imidazole rings is 1. The Morgan fingerprint density at radius 3 is 2.57 bits per heavy atom. The fourth-order valence-corrected chi connectivity index (χ4v) is 1.40. The van der Waals surface area contributed by atoms with E-state index in [1.54, 1.807) is 23.4 Å². The molecule has 0 aliphatic rings. The summed E-state index contributed by atoms with van der Waals surface area (Å²) in [7, 11) is 3.73. The molecule has 6 heteroatoms. The van der Waals surface area contributed by atoms with Crippen LogP contribution in [-0.2, 0) is 14.1 Å². The molecule has 0 bridgehead atoms. The van der Waals surface area contributed by atoms with E-state index in [4.69, 9.17) is 5.73 Å². The maximum absolute atomic E-state index is 6.05. The van der Waals surface area contributed by atoms with Crippen LogP contribution >= 0.6 is 0 Å². The van der Waals surface area contributed by atoms with Crippen molar-refractivity contribution < 1.29 is 0 Å². The van der Waals surface area contributed by atoms with Gasteiger partial charge in [-0.2, -0.15) is 0 Å². The van der Waals surface area contributed by atoms with E-state index >= 15 is 0 Å². The van der Waals surface area contributed by atoms with Crippen molar-refractivity contribution in [3.8, 4) is 0 Å². The molecule has 0 saturated heterocycles. The van der Waals surface area contributed by atoms with Crippen LogP contribution in [-0.4, -0.2) is 24.5 Å². The summed E-state index contributed by atoms with van der Waals surface area (Å²) in [6.45, 7) is 0. The number of aryl methyl sites for hydroxylation is 2. The molecule has 0 aromatic carbocycles. The Bertz CT molecular complexity index is 388. The molecule has 0 radical (unpaired) electrons. The predicted octanol–water partition coefficient (Wildman–Crippen LogP) is -0.403. The summed E-state index contributed by atoms with van der Waals surface area (Å²) in [4.78, 5) is 4.02. The monoisotopic (exact) mass is 192 g/mol. The second-order valence-corrected chi connectivity index (χ2v) is 3.19. The van der Waals surface area contributed by atoms with Crippen molar-refractivity contribution in [2.75, 3.05) is 0 Å². The van der Waals surface area contributed by atoms with E-state index in [0.29, 0.717) is 0 Å². The molecule has 2 heterocycles. The van der Waals surface area contributed by atoms with Gasteiger partial charge < -0.3 is 10.3 Å². The maximum atomic E-state index is 6.05. The number of nitrogens with zero attached hydrogens (tertiary/aromatic N) is 5. The van der Waals surface area contributed by atoms with Gasteiger partial charge in [0.05, 0.1) is 36.2 Å². The topological polar surface area (TPSA) is 74.6 Å². The predicted molar refractivity (Wildman–Crippen MR) is 50.2 cm³/mol. The van der Waals surface area contributed by atoms with Crippen molar-refractivity contribution in [2.24, 2.45) is 19.8 Å². The molecule has 1 atom stereocenters. The molecule has 14 heavy (non-hydrogen) atoms. The van der Waals surface area contributed by atoms with Crippen LogP contribution in [0.25, 0.3) is 0 Å². The summed E-state index contributed by atoms with van der Waals surface area (Å²) >= 11 is 0. The minimum Gasteiger partial charge on any atom is -0.336 e. The van der Waals surface area contributed by atoms with E-state index in [2.05, 4.69) is 15.3 Å². The Hall–Kier alpha value is -1.69. The van der Waals surface area contributed by atoms with E-state index in [-0.39, 0.29) is 6.04 Å². The third-order valence-electron chi connectivity index (χ3n) is 2.24. The Morgan fingerprint density at radius 1 is 1.29 bits per heavy atom. The third kappa shape index (κ3) is 1.29. The van der Waals surface area contributed by atoms with Gasteiger partial charge in [0, 0.05) is 14.1 Å². The lowest BCUT2D eigenvalue weighted by atomic mass is 10.2. The SMILES string of the molecule is Cn1cncc1C(N)c1cnnn1C. The van der Waals surface area contributed by atoms with E-state index in [0.717, 1.165) is 11.4 Å². The Morgan fingerprint density at radius 2 is 2.07 bits per heavy atom. The van der Waals surface area contributed by atoms with Crippen LogP contribution in [0.4, 0.5) is 0 Å². The first kappa shape index (κ1) is 8.89. The van der Waals surface area contributed by atoms with Gasteiger partial charge in [-0.15, -0.1) is 5.10 Å². The summed E-state index contributed by atoms with van der Waals surface area (Å²) in [6, 6.07) is -0.234. The van der Waals surface area contributed by atoms with Crippen LogP contribution < -0.4 is 5.73 Å². The molecular formula is C8H12N6. The summed E-state index contributed by atoms with van der Waals surface area (Å²) < 4.78 is 3.55. The number of aromatic nitrogens is 5. The molecule has 2 N–H and O–H groups in total. The second kappa shape index (κ2) is 3.22. The molecular weight excluding hydrogens is 180 g/mol. The molecule has 2 aromatic rings. The van der Waals surface area contributed by atoms with Gasteiger partial charge in [0.1, 0.15) is 0 Å². The van der Waals surface area contributed by atoms with E-state index in [9.17, 15) is 0 Å². The highest BCUT2D eigenvalue weighted by atomic mass is 15.4. The number of rotatable bonds is 2. The summed E-state index contributed by atoms with van der Waals surface area (Å²) in [6.07, 6.45) is 5.13. The van der Waals surface area contributed by atoms with Gasteiger partial charge in [-0.3, -0.25) is 4.68 Å². The molecule has 0 fully saturated rings. The molecule has 0 saturated carbocycles. The standard InChI is InChI=1S/C8H12N6/c1-13-5-10-3-6(13)8(9)7-4-11-12-14(7)2/h3-5,8H,9H2,1-2H3. The molecule has 0 spiro atoms. The Kier molecular flexibility index (Phi) is 2.05. The van der Waals surface area contributed by atoms with E-state index in [1.807, 2.05) is 18.7 Å². The zero-order chi connectivity index (χ0) is 10.1. The van der Waals surface area contributed by atoms with Crippen LogP contribution in [0.5, 0.6) is 0 Å². The van der Waals surface area contributed by atoms with Gasteiger partial charge >= 0.3 is 0 Å². The van der Waals surface area contributed by atoms with Gasteiger partial charge in [0.15, 0.2) is 0 Å². The average Bonchev–Trinajstić information content (AvgIpc) is 2.73. The summed E-state index contributed by atoms with van der Waals surface area (Å²) in [5, 5.41) is 7.62. The summed E-state index contributed by atoms with van der Waals surface area (Å²) in [5.74, 6) is 0. The number of nitrogens with two attached hydrogens (primary N) is 1. The second-order valence-electron chi connectivity index (χ2n) is 3.19. The highest BCUT2D eigenvalue weighted by Gasteiger charge is 2.15. The molecule has 2 aromatic heterocycles. The van der Waals surface area contributed by atoms with Crippen molar-refractivity contribution in [3.63, 3.8) is 0 Å². The normalized spacial score (nSPS) is 13.1. The number of hydrogen-bond acceptors (Lipinski definition) is 4.